The highest BCUT2D eigenvalue weighted by molar-refractivity contribution is 5.21. The van der Waals surface area contributed by atoms with Crippen molar-refractivity contribution in [3.8, 4) is 0 Å². The van der Waals surface area contributed by atoms with Gasteiger partial charge in [-0.15, -0.1) is 0 Å². The minimum Gasteiger partial charge on any atom is -0.0776 e. The van der Waals surface area contributed by atoms with Crippen LogP contribution < -0.4 is 0 Å². The molecule has 5 atom stereocenters. The van der Waals surface area contributed by atoms with Crippen LogP contribution in [0.5, 0.6) is 0 Å². The summed E-state index contributed by atoms with van der Waals surface area (Å²) in [7, 11) is 0. The summed E-state index contributed by atoms with van der Waals surface area (Å²) in [6.07, 6.45) is 14.5. The maximum atomic E-state index is 2.43. The molecule has 0 N–H and O–H groups in total. The van der Waals surface area contributed by atoms with Gasteiger partial charge in [-0.2, -0.15) is 0 Å². The van der Waals surface area contributed by atoms with E-state index in [1.54, 1.807) is 0 Å². The summed E-state index contributed by atoms with van der Waals surface area (Å²) in [5.41, 5.74) is 6.00. The largest absolute Gasteiger partial charge is 0.0776 e. The smallest absolute Gasteiger partial charge is 0.0162 e. The SMILES string of the molecule is C.C.C.C.C.C.C.C.C.C.C.C.CCC(CC(C)CCCC(C)c1ccccc1)c1ccccc1.CCC(CCCCCC(C)c1ccccc1)c1ccccc1. The number of hydrogen-bond donors (Lipinski definition) is 0. The van der Waals surface area contributed by atoms with E-state index in [4.69, 9.17) is 0 Å². The Morgan fingerprint density at radius 1 is 0.316 bits per heavy atom. The third kappa shape index (κ3) is 30.6. The Kier molecular flexibility index (Phi) is 64.9. The van der Waals surface area contributed by atoms with Crippen LogP contribution in [0.2, 0.25) is 0 Å². The summed E-state index contributed by atoms with van der Waals surface area (Å²) in [6, 6.07) is 43.9. The Labute approximate surface area is 366 Å². The number of rotatable bonds is 18. The molecule has 57 heavy (non-hydrogen) atoms. The van der Waals surface area contributed by atoms with Crippen molar-refractivity contribution in [1.29, 1.82) is 0 Å². The zero-order valence-electron chi connectivity index (χ0n) is 29.2. The molecule has 4 aromatic carbocycles. The standard InChI is InChI=1S/C23H32.C22H30.12CH4/c1-4-21(23-16-9-6-10-17-23)18-19(2)12-11-13-20(3)22-14-7-5-8-15-22;1-3-20(22-17-11-6-12-18-22)14-8-4-7-13-19(2)21-15-9-5-10-16-21;;;;;;;;;;;;/h5-10,14-17,19-21H,4,11-13,18H2,1-3H3;5-6,9-12,15-20H,3-4,7-8,13-14H2,1-2H3;12*1H4. The lowest BCUT2D eigenvalue weighted by molar-refractivity contribution is 0.410. The monoisotopic (exact) mass is 795 g/mol. The minimum absolute atomic E-state index is 0. The molecule has 5 unspecified atom stereocenters. The molecule has 4 rings (SSSR count). The second-order valence-electron chi connectivity index (χ2n) is 13.6. The summed E-state index contributed by atoms with van der Waals surface area (Å²) >= 11 is 0. The molecule has 0 heterocycles. The molecule has 0 saturated carbocycles. The van der Waals surface area contributed by atoms with E-state index in [0.29, 0.717) is 11.8 Å². The topological polar surface area (TPSA) is 0 Å². The third-order valence-electron chi connectivity index (χ3n) is 9.98. The van der Waals surface area contributed by atoms with Crippen LogP contribution in [0.1, 0.15) is 240 Å². The van der Waals surface area contributed by atoms with Crippen molar-refractivity contribution in [1.82, 2.24) is 0 Å². The molecule has 4 aromatic rings. The van der Waals surface area contributed by atoms with Gasteiger partial charge in [-0.1, -0.05) is 277 Å². The molecule has 0 bridgehead atoms. The number of unbranched alkanes of at least 4 members (excludes halogenated alkanes) is 2. The fourth-order valence-electron chi connectivity index (χ4n) is 6.89. The van der Waals surface area contributed by atoms with Crippen LogP contribution in [0.3, 0.4) is 0 Å². The zero-order chi connectivity index (χ0) is 32.1. The quantitative estimate of drug-likeness (QED) is 0.0880. The minimum atomic E-state index is 0. The van der Waals surface area contributed by atoms with Crippen molar-refractivity contribution >= 4 is 0 Å². The highest BCUT2D eigenvalue weighted by atomic mass is 14.2. The lowest BCUT2D eigenvalue weighted by Gasteiger charge is -2.21. The Hall–Kier alpha value is -3.12. The molecule has 0 aromatic heterocycles. The second-order valence-corrected chi connectivity index (χ2v) is 13.6. The van der Waals surface area contributed by atoms with Gasteiger partial charge in [-0.3, -0.25) is 0 Å². The van der Waals surface area contributed by atoms with Gasteiger partial charge in [0.1, 0.15) is 0 Å². The molecule has 0 heteroatoms. The molecule has 0 nitrogen and oxygen atoms in total. The van der Waals surface area contributed by atoms with Gasteiger partial charge in [0.15, 0.2) is 0 Å². The molecular formula is C57H110. The predicted octanol–water partition coefficient (Wildman–Crippen LogP) is 21.7. The summed E-state index contributed by atoms with van der Waals surface area (Å²) in [5, 5.41) is 0. The Morgan fingerprint density at radius 3 is 0.965 bits per heavy atom. The van der Waals surface area contributed by atoms with E-state index in [0.717, 1.165) is 17.8 Å². The van der Waals surface area contributed by atoms with Gasteiger partial charge in [-0.05, 0) is 90.4 Å². The Bertz CT molecular complexity index is 1230. The lowest BCUT2D eigenvalue weighted by atomic mass is 9.85. The van der Waals surface area contributed by atoms with Gasteiger partial charge < -0.3 is 0 Å². The molecule has 0 fully saturated rings. The molecule has 0 radical (unpaired) electrons. The highest BCUT2D eigenvalue weighted by Crippen LogP contribution is 2.31. The molecule has 0 spiro atoms. The van der Waals surface area contributed by atoms with Gasteiger partial charge in [0.05, 0.1) is 0 Å². The van der Waals surface area contributed by atoms with E-state index in [1.807, 2.05) is 0 Å². The molecule has 0 aliphatic heterocycles. The summed E-state index contributed by atoms with van der Waals surface area (Å²) in [5.74, 6) is 3.64. The van der Waals surface area contributed by atoms with E-state index >= 15 is 0 Å². The average molecular weight is 796 g/mol. The number of hydrogen-bond acceptors (Lipinski definition) is 0. The highest BCUT2D eigenvalue weighted by Gasteiger charge is 2.14. The van der Waals surface area contributed by atoms with Gasteiger partial charge in [0, 0.05) is 0 Å². The number of benzene rings is 4. The third-order valence-corrected chi connectivity index (χ3v) is 9.98. The molecule has 0 saturated heterocycles. The average Bonchev–Trinajstić information content (AvgIpc) is 3.10. The van der Waals surface area contributed by atoms with Crippen molar-refractivity contribution in [3.05, 3.63) is 144 Å². The summed E-state index contributed by atoms with van der Waals surface area (Å²) < 4.78 is 0. The lowest BCUT2D eigenvalue weighted by Crippen LogP contribution is -2.05. The van der Waals surface area contributed by atoms with Gasteiger partial charge in [0.25, 0.3) is 0 Å². The maximum absolute atomic E-state index is 2.43. The first-order valence-corrected chi connectivity index (χ1v) is 18.2. The fourth-order valence-corrected chi connectivity index (χ4v) is 6.89. The molecule has 0 amide bonds. The Morgan fingerprint density at radius 2 is 0.614 bits per heavy atom. The van der Waals surface area contributed by atoms with Crippen LogP contribution in [-0.2, 0) is 0 Å². The predicted molar refractivity (Wildman–Crippen MR) is 280 cm³/mol. The van der Waals surface area contributed by atoms with E-state index < -0.39 is 0 Å². The molecular weight excluding hydrogens is 685 g/mol. The van der Waals surface area contributed by atoms with Crippen molar-refractivity contribution in [3.63, 3.8) is 0 Å². The molecule has 0 aliphatic carbocycles. The van der Waals surface area contributed by atoms with Crippen LogP contribution in [-0.4, -0.2) is 0 Å². The van der Waals surface area contributed by atoms with Crippen LogP contribution in [0, 0.1) is 5.92 Å². The zero-order valence-corrected chi connectivity index (χ0v) is 29.2. The van der Waals surface area contributed by atoms with E-state index in [1.165, 1.54) is 92.9 Å². The van der Waals surface area contributed by atoms with Crippen molar-refractivity contribution in [2.24, 2.45) is 5.92 Å². The molecule has 0 aliphatic rings. The van der Waals surface area contributed by atoms with Crippen molar-refractivity contribution in [2.75, 3.05) is 0 Å². The van der Waals surface area contributed by atoms with Gasteiger partial charge in [0.2, 0.25) is 0 Å². The van der Waals surface area contributed by atoms with Gasteiger partial charge in [-0.25, -0.2) is 0 Å². The summed E-state index contributed by atoms with van der Waals surface area (Å²) in [6.45, 7) is 11.8. The van der Waals surface area contributed by atoms with E-state index in [2.05, 4.69) is 156 Å². The Balaban J connectivity index is -0.0000000801. The fraction of sp³-hybridized carbons (Fsp3) is 0.579. The molecule has 338 valence electrons. The van der Waals surface area contributed by atoms with Crippen LogP contribution in [0.4, 0.5) is 0 Å². The summed E-state index contributed by atoms with van der Waals surface area (Å²) in [4.78, 5) is 0. The van der Waals surface area contributed by atoms with Crippen molar-refractivity contribution < 1.29 is 0 Å². The van der Waals surface area contributed by atoms with E-state index in [9.17, 15) is 0 Å². The van der Waals surface area contributed by atoms with E-state index in [-0.39, 0.29) is 89.1 Å². The van der Waals surface area contributed by atoms with Crippen LogP contribution in [0.25, 0.3) is 0 Å². The normalized spacial score (nSPS) is 11.4. The first-order valence-electron chi connectivity index (χ1n) is 18.2. The first-order chi connectivity index (χ1) is 22.0. The van der Waals surface area contributed by atoms with Gasteiger partial charge >= 0.3 is 0 Å². The first kappa shape index (κ1) is 78.2. The maximum Gasteiger partial charge on any atom is -0.0162 e. The second kappa shape index (κ2) is 47.3. The van der Waals surface area contributed by atoms with Crippen LogP contribution >= 0.6 is 0 Å². The van der Waals surface area contributed by atoms with Crippen molar-refractivity contribution in [2.45, 2.75) is 218 Å². The van der Waals surface area contributed by atoms with Crippen LogP contribution in [0.15, 0.2) is 121 Å².